The summed E-state index contributed by atoms with van der Waals surface area (Å²) in [6.45, 7) is 19.7. The van der Waals surface area contributed by atoms with Crippen LogP contribution in [0, 0.1) is 50.7 Å². The predicted molar refractivity (Wildman–Crippen MR) is 201 cm³/mol. The van der Waals surface area contributed by atoms with Crippen molar-refractivity contribution < 1.29 is 29.0 Å². The fraction of sp³-hybridized carbons (Fsp3) is 0.780. The van der Waals surface area contributed by atoms with E-state index in [2.05, 4.69) is 64.1 Å². The summed E-state index contributed by atoms with van der Waals surface area (Å²) in [5.74, 6) is 0.625. The third-order valence-electron chi connectivity index (χ3n) is 15.5. The number of esters is 1. The molecular formula is C41H63ClN4O6. The number of imidazole rings is 1. The molecule has 0 unspecified atom stereocenters. The number of carboxylic acids is 1. The number of carbonyl (C=O) groups is 4. The number of rotatable bonds is 8. The number of nitrogens with zero attached hydrogens (tertiary/aromatic N) is 2. The molecule has 52 heavy (non-hydrogen) atoms. The second-order valence-corrected chi connectivity index (χ2v) is 19.2. The summed E-state index contributed by atoms with van der Waals surface area (Å²) >= 11 is 0. The average Bonchev–Trinajstić information content (AvgIpc) is 3.56. The summed E-state index contributed by atoms with van der Waals surface area (Å²) in [6.07, 6.45) is 11.1. The monoisotopic (exact) mass is 742 g/mol. The van der Waals surface area contributed by atoms with E-state index in [9.17, 15) is 24.3 Å². The first kappa shape index (κ1) is 40.3. The Morgan fingerprint density at radius 2 is 1.69 bits per heavy atom. The molecule has 5 aliphatic rings. The van der Waals surface area contributed by atoms with Crippen molar-refractivity contribution in [1.82, 2.24) is 20.2 Å². The Bertz CT molecular complexity index is 1650. The van der Waals surface area contributed by atoms with Gasteiger partial charge >= 0.3 is 18.0 Å². The van der Waals surface area contributed by atoms with Crippen molar-refractivity contribution in [2.45, 2.75) is 145 Å². The Hall–Kier alpha value is -2.88. The Labute approximate surface area is 316 Å². The van der Waals surface area contributed by atoms with E-state index < -0.39 is 22.9 Å². The van der Waals surface area contributed by atoms with Gasteiger partial charge in [-0.2, -0.15) is 0 Å². The number of aliphatic carboxylic acids is 1. The molecule has 11 heteroatoms. The molecular weight excluding hydrogens is 680 g/mol. The molecule has 0 saturated heterocycles. The average molecular weight is 743 g/mol. The van der Waals surface area contributed by atoms with E-state index in [1.807, 2.05) is 17.8 Å². The van der Waals surface area contributed by atoms with E-state index >= 15 is 0 Å². The predicted octanol–water partition coefficient (Wildman–Crippen LogP) is 7.79. The van der Waals surface area contributed by atoms with E-state index in [-0.39, 0.29) is 70.2 Å². The Kier molecular flexibility index (Phi) is 10.4. The second kappa shape index (κ2) is 13.5. The highest BCUT2D eigenvalue weighted by Gasteiger charge is 2.70. The van der Waals surface area contributed by atoms with E-state index in [4.69, 9.17) is 4.74 Å². The molecule has 0 spiro atoms. The first-order valence-corrected chi connectivity index (χ1v) is 19.4. The first-order valence-electron chi connectivity index (χ1n) is 19.4. The molecule has 1 heterocycles. The molecule has 6 rings (SSSR count). The number of hydrogen-bond donors (Lipinski definition) is 3. The smallest absolute Gasteiger partial charge is 0.315 e. The number of nitrogens with one attached hydrogen (secondary N) is 2. The lowest BCUT2D eigenvalue weighted by Crippen LogP contribution is -2.67. The van der Waals surface area contributed by atoms with Gasteiger partial charge in [-0.15, -0.1) is 12.4 Å². The standard InChI is InChI=1S/C41H62N4O6.ClH/c1-24(2)32-26(46)21-41(44-35(50)43-23-30-42-19-20-45(30)10)18-17-39(8)25(33(32)41)11-12-28-38(7)15-14-29(51-31(47)22-36(3,4)34(48)49)37(5,6)27(38)13-16-40(28,39)9;/h19-20,24-25,27-29H,11-18,21-23H2,1-10H3,(H,48,49)(H2,43,44,50);1H/t25-,27+,28-,29+,38+,39-,40-,41-;/m1./s1. The molecule has 4 fully saturated rings. The summed E-state index contributed by atoms with van der Waals surface area (Å²) in [6, 6.07) is -0.254. The molecule has 10 nitrogen and oxygen atoms in total. The van der Waals surface area contributed by atoms with Crippen molar-refractivity contribution in [2.75, 3.05) is 0 Å². The number of urea groups is 1. The minimum atomic E-state index is -1.17. The van der Waals surface area contributed by atoms with Crippen LogP contribution < -0.4 is 10.6 Å². The molecule has 0 aliphatic heterocycles. The van der Waals surface area contributed by atoms with Gasteiger partial charge in [-0.1, -0.05) is 48.5 Å². The van der Waals surface area contributed by atoms with Gasteiger partial charge in [0.25, 0.3) is 0 Å². The van der Waals surface area contributed by atoms with Crippen molar-refractivity contribution in [3.8, 4) is 0 Å². The zero-order valence-electron chi connectivity index (χ0n) is 33.1. The van der Waals surface area contributed by atoms with Crippen molar-refractivity contribution in [3.63, 3.8) is 0 Å². The van der Waals surface area contributed by atoms with E-state index in [1.165, 1.54) is 5.57 Å². The minimum absolute atomic E-state index is 0. The lowest BCUT2D eigenvalue weighted by Gasteiger charge is -2.72. The Morgan fingerprint density at radius 3 is 2.31 bits per heavy atom. The summed E-state index contributed by atoms with van der Waals surface area (Å²) in [5, 5.41) is 16.0. The molecule has 4 saturated carbocycles. The molecule has 0 bridgehead atoms. The molecule has 1 aromatic rings. The van der Waals surface area contributed by atoms with Crippen LogP contribution in [0.1, 0.15) is 132 Å². The molecule has 8 atom stereocenters. The lowest BCUT2D eigenvalue weighted by molar-refractivity contribution is -0.232. The van der Waals surface area contributed by atoms with Crippen molar-refractivity contribution in [1.29, 1.82) is 0 Å². The number of fused-ring (bicyclic) bond motifs is 7. The number of amides is 2. The van der Waals surface area contributed by atoms with Gasteiger partial charge in [0.1, 0.15) is 11.9 Å². The number of allylic oxidation sites excluding steroid dienone is 1. The summed E-state index contributed by atoms with van der Waals surface area (Å²) in [5.41, 5.74) is 0.0725. The normalized spacial score (nSPS) is 36.5. The fourth-order valence-corrected chi connectivity index (χ4v) is 12.6. The zero-order chi connectivity index (χ0) is 37.5. The number of carboxylic acid groups (broad SMARTS) is 1. The number of ketones is 1. The number of aromatic nitrogens is 2. The molecule has 0 radical (unpaired) electrons. The number of hydrogen-bond acceptors (Lipinski definition) is 6. The van der Waals surface area contributed by atoms with Crippen LogP contribution in [-0.4, -0.2) is 50.1 Å². The second-order valence-electron chi connectivity index (χ2n) is 19.2. The number of Topliss-reactive ketones (excluding diaryl/α,β-unsaturated/α-hetero) is 1. The van der Waals surface area contributed by atoms with Crippen LogP contribution in [0.15, 0.2) is 23.5 Å². The quantitative estimate of drug-likeness (QED) is 0.231. The Balaban J connectivity index is 0.00000523. The van der Waals surface area contributed by atoms with Gasteiger partial charge in [-0.05, 0) is 116 Å². The van der Waals surface area contributed by atoms with Crippen LogP contribution >= 0.6 is 12.4 Å². The van der Waals surface area contributed by atoms with Crippen LogP contribution in [0.25, 0.3) is 0 Å². The first-order chi connectivity index (χ1) is 23.6. The highest BCUT2D eigenvalue weighted by molar-refractivity contribution is 6.02. The SMILES string of the molecule is CC(C)C1=C2[C@H]3CC[C@@H]4[C@@]5(C)CC[C@H](OC(=O)CC(C)(C)C(=O)O)C(C)(C)[C@@H]5CC[C@@]4(C)[C@]3(C)CC[C@@]2(NC(=O)NCc2nccn2C)CC1=O.Cl. The number of halogens is 1. The molecule has 3 N–H and O–H groups in total. The van der Waals surface area contributed by atoms with Gasteiger partial charge in [0.15, 0.2) is 5.78 Å². The molecule has 1 aromatic heterocycles. The maximum atomic E-state index is 13.9. The van der Waals surface area contributed by atoms with Gasteiger partial charge in [0.2, 0.25) is 0 Å². The highest BCUT2D eigenvalue weighted by Crippen LogP contribution is 2.76. The van der Waals surface area contributed by atoms with Crippen LogP contribution in [0.5, 0.6) is 0 Å². The van der Waals surface area contributed by atoms with E-state index in [1.54, 1.807) is 20.0 Å². The number of ether oxygens (including phenoxy) is 1. The van der Waals surface area contributed by atoms with Gasteiger partial charge in [0, 0.05) is 31.3 Å². The summed E-state index contributed by atoms with van der Waals surface area (Å²) in [7, 11) is 1.91. The largest absolute Gasteiger partial charge is 0.481 e. The van der Waals surface area contributed by atoms with Crippen LogP contribution in [0.2, 0.25) is 0 Å². The zero-order valence-corrected chi connectivity index (χ0v) is 33.9. The summed E-state index contributed by atoms with van der Waals surface area (Å²) < 4.78 is 8.04. The van der Waals surface area contributed by atoms with Crippen LogP contribution in [0.4, 0.5) is 4.79 Å². The van der Waals surface area contributed by atoms with Crippen molar-refractivity contribution in [3.05, 3.63) is 29.4 Å². The van der Waals surface area contributed by atoms with Crippen molar-refractivity contribution in [2.24, 2.45) is 57.8 Å². The minimum Gasteiger partial charge on any atom is -0.481 e. The molecule has 290 valence electrons. The van der Waals surface area contributed by atoms with Crippen LogP contribution in [0.3, 0.4) is 0 Å². The maximum Gasteiger partial charge on any atom is 0.315 e. The van der Waals surface area contributed by atoms with Gasteiger partial charge in [0.05, 0.1) is 23.9 Å². The van der Waals surface area contributed by atoms with Crippen LogP contribution in [-0.2, 0) is 32.7 Å². The maximum absolute atomic E-state index is 13.9. The molecule has 5 aliphatic carbocycles. The fourth-order valence-electron chi connectivity index (χ4n) is 12.6. The molecule has 2 amide bonds. The molecule has 0 aromatic carbocycles. The summed E-state index contributed by atoms with van der Waals surface area (Å²) in [4.78, 5) is 56.6. The van der Waals surface area contributed by atoms with E-state index in [0.717, 1.165) is 62.8 Å². The third kappa shape index (κ3) is 6.11. The van der Waals surface area contributed by atoms with Gasteiger partial charge in [-0.25, -0.2) is 9.78 Å². The number of aryl methyl sites for hydroxylation is 1. The number of carbonyl (C=O) groups excluding carboxylic acids is 3. The lowest BCUT2D eigenvalue weighted by atomic mass is 9.33. The Morgan fingerprint density at radius 1 is 1.00 bits per heavy atom. The topological polar surface area (TPSA) is 140 Å². The highest BCUT2D eigenvalue weighted by atomic mass is 35.5. The van der Waals surface area contributed by atoms with Crippen molar-refractivity contribution >= 4 is 36.2 Å². The van der Waals surface area contributed by atoms with E-state index in [0.29, 0.717) is 24.8 Å². The third-order valence-corrected chi connectivity index (χ3v) is 15.5. The van der Waals surface area contributed by atoms with Gasteiger partial charge in [-0.3, -0.25) is 14.4 Å². The van der Waals surface area contributed by atoms with Gasteiger partial charge < -0.3 is 25.0 Å².